The van der Waals surface area contributed by atoms with Gasteiger partial charge in [-0.2, -0.15) is 0 Å². The fourth-order valence-electron chi connectivity index (χ4n) is 7.16. The van der Waals surface area contributed by atoms with Crippen molar-refractivity contribution in [3.8, 4) is 45.4 Å². The van der Waals surface area contributed by atoms with Crippen molar-refractivity contribution in [3.63, 3.8) is 0 Å². The van der Waals surface area contributed by atoms with Crippen LogP contribution in [-0.2, 0) is 0 Å². The minimum atomic E-state index is 0.684. The maximum Gasteiger partial charge on any atom is 0.160 e. The number of para-hydroxylation sites is 3. The smallest absolute Gasteiger partial charge is 0.160 e. The molecule has 10 aromatic rings. The van der Waals surface area contributed by atoms with Gasteiger partial charge in [0.15, 0.2) is 11.6 Å². The molecule has 0 radical (unpaired) electrons. The van der Waals surface area contributed by atoms with E-state index in [4.69, 9.17) is 9.97 Å². The fourth-order valence-corrected chi connectivity index (χ4v) is 7.16. The van der Waals surface area contributed by atoms with Crippen LogP contribution in [0.1, 0.15) is 0 Å². The molecule has 234 valence electrons. The van der Waals surface area contributed by atoms with Gasteiger partial charge in [0.1, 0.15) is 0 Å². The molecule has 0 saturated heterocycles. The van der Waals surface area contributed by atoms with Crippen molar-refractivity contribution < 1.29 is 0 Å². The molecule has 50 heavy (non-hydrogen) atoms. The van der Waals surface area contributed by atoms with Crippen molar-refractivity contribution in [1.29, 1.82) is 0 Å². The van der Waals surface area contributed by atoms with Crippen molar-refractivity contribution in [1.82, 2.24) is 29.1 Å². The molecule has 6 aromatic carbocycles. The minimum Gasteiger partial charge on any atom is -0.315 e. The molecular weight excluding hydrogens is 613 g/mol. The molecule has 4 aromatic heterocycles. The van der Waals surface area contributed by atoms with Crippen LogP contribution < -0.4 is 0 Å². The lowest BCUT2D eigenvalue weighted by Crippen LogP contribution is -1.99. The largest absolute Gasteiger partial charge is 0.315 e. The predicted molar refractivity (Wildman–Crippen MR) is 203 cm³/mol. The summed E-state index contributed by atoms with van der Waals surface area (Å²) in [6.07, 6.45) is 5.69. The van der Waals surface area contributed by atoms with Crippen molar-refractivity contribution in [3.05, 3.63) is 170 Å². The number of hydrogen-bond acceptors (Lipinski definition) is 4. The van der Waals surface area contributed by atoms with Crippen molar-refractivity contribution in [2.75, 3.05) is 0 Å². The van der Waals surface area contributed by atoms with Gasteiger partial charge in [-0.15, -0.1) is 0 Å². The Hall–Kier alpha value is -6.92. The Labute approximate surface area is 287 Å². The summed E-state index contributed by atoms with van der Waals surface area (Å²) in [6, 6.07) is 52.8. The van der Waals surface area contributed by atoms with Gasteiger partial charge in [0.2, 0.25) is 0 Å². The highest BCUT2D eigenvalue weighted by Crippen LogP contribution is 2.38. The Morgan fingerprint density at radius 3 is 1.92 bits per heavy atom. The zero-order chi connectivity index (χ0) is 33.0. The van der Waals surface area contributed by atoms with Crippen molar-refractivity contribution in [2.45, 2.75) is 0 Å². The summed E-state index contributed by atoms with van der Waals surface area (Å²) in [5, 5.41) is 4.65. The second-order valence-corrected chi connectivity index (χ2v) is 12.4. The molecule has 0 bridgehead atoms. The molecule has 6 nitrogen and oxygen atoms in total. The summed E-state index contributed by atoms with van der Waals surface area (Å²) in [4.78, 5) is 19.0. The van der Waals surface area contributed by atoms with E-state index in [1.807, 2.05) is 30.3 Å². The highest BCUT2D eigenvalue weighted by Gasteiger charge is 2.18. The second-order valence-electron chi connectivity index (χ2n) is 12.4. The van der Waals surface area contributed by atoms with Crippen LogP contribution in [0.2, 0.25) is 0 Å². The van der Waals surface area contributed by atoms with Gasteiger partial charge in [0.05, 0.1) is 27.8 Å². The number of benzene rings is 6. The van der Waals surface area contributed by atoms with Gasteiger partial charge in [0, 0.05) is 68.2 Å². The van der Waals surface area contributed by atoms with E-state index in [9.17, 15) is 0 Å². The van der Waals surface area contributed by atoms with Crippen LogP contribution in [0.25, 0.3) is 89.0 Å². The minimum absolute atomic E-state index is 0.684. The van der Waals surface area contributed by atoms with Gasteiger partial charge in [-0.1, -0.05) is 91.0 Å². The lowest BCUT2D eigenvalue weighted by atomic mass is 10.0. The Kier molecular flexibility index (Phi) is 6.39. The molecule has 4 heterocycles. The van der Waals surface area contributed by atoms with Gasteiger partial charge in [-0.25, -0.2) is 19.9 Å². The molecule has 0 N–H and O–H groups in total. The molecule has 0 aliphatic heterocycles. The van der Waals surface area contributed by atoms with Gasteiger partial charge >= 0.3 is 0 Å². The third-order valence-electron chi connectivity index (χ3n) is 9.49. The lowest BCUT2D eigenvalue weighted by Gasteiger charge is -2.13. The van der Waals surface area contributed by atoms with Crippen LogP contribution >= 0.6 is 0 Å². The summed E-state index contributed by atoms with van der Waals surface area (Å²) in [6.45, 7) is 0. The topological polar surface area (TPSA) is 61.4 Å². The summed E-state index contributed by atoms with van der Waals surface area (Å²) >= 11 is 0. The summed E-state index contributed by atoms with van der Waals surface area (Å²) < 4.78 is 4.69. The molecular formula is C44H28N6. The first-order valence-corrected chi connectivity index (χ1v) is 16.6. The van der Waals surface area contributed by atoms with E-state index in [-0.39, 0.29) is 0 Å². The molecule has 0 aliphatic rings. The molecule has 10 rings (SSSR count). The SMILES string of the molecule is c1ccc(-n2ccc3ccc4c5ccccc5n(-c5ccc(-c6nc(-c7ccc(-c8ncccn8)cc7)c7ccccc7n6)cc5)c4c32)cc1. The van der Waals surface area contributed by atoms with Crippen LogP contribution in [0.15, 0.2) is 170 Å². The van der Waals surface area contributed by atoms with E-state index >= 15 is 0 Å². The zero-order valence-corrected chi connectivity index (χ0v) is 26.8. The van der Waals surface area contributed by atoms with Crippen molar-refractivity contribution in [2.24, 2.45) is 0 Å². The Bertz CT molecular complexity index is 2840. The van der Waals surface area contributed by atoms with E-state index in [2.05, 4.69) is 147 Å². The van der Waals surface area contributed by atoms with Gasteiger partial charge in [-0.3, -0.25) is 0 Å². The third-order valence-corrected chi connectivity index (χ3v) is 9.49. The molecule has 0 amide bonds. The van der Waals surface area contributed by atoms with E-state index in [1.165, 1.54) is 27.2 Å². The van der Waals surface area contributed by atoms with Gasteiger partial charge in [-0.05, 0) is 60.7 Å². The van der Waals surface area contributed by atoms with E-state index in [1.54, 1.807) is 12.4 Å². The summed E-state index contributed by atoms with van der Waals surface area (Å²) in [7, 11) is 0. The quantitative estimate of drug-likeness (QED) is 0.188. The molecule has 6 heteroatoms. The van der Waals surface area contributed by atoms with E-state index in [0.717, 1.165) is 50.2 Å². The van der Waals surface area contributed by atoms with Crippen molar-refractivity contribution >= 4 is 43.6 Å². The standard InChI is InChI=1S/C44H28N6/c1-2-9-33(10-3-1)49-28-25-30-21-24-36-35-11-5-7-14-39(35)50(42(36)41(30)49)34-22-19-32(20-23-34)44-47-38-13-6-4-12-37(38)40(48-44)29-15-17-31(18-16-29)43-45-26-8-27-46-43/h1-28H. The lowest BCUT2D eigenvalue weighted by molar-refractivity contribution is 1.11. The second kappa shape index (κ2) is 11.4. The molecule has 0 aliphatic carbocycles. The highest BCUT2D eigenvalue weighted by atomic mass is 15.0. The first kappa shape index (κ1) is 28.1. The Morgan fingerprint density at radius 2 is 1.10 bits per heavy atom. The predicted octanol–water partition coefficient (Wildman–Crippen LogP) is 10.5. The van der Waals surface area contributed by atoms with Crippen LogP contribution in [0.4, 0.5) is 0 Å². The highest BCUT2D eigenvalue weighted by molar-refractivity contribution is 6.18. The van der Waals surface area contributed by atoms with Gasteiger partial charge in [0.25, 0.3) is 0 Å². The van der Waals surface area contributed by atoms with E-state index < -0.39 is 0 Å². The van der Waals surface area contributed by atoms with Crippen LogP contribution in [0, 0.1) is 0 Å². The first-order chi connectivity index (χ1) is 24.8. The molecule has 0 atom stereocenters. The average Bonchev–Trinajstić information content (AvgIpc) is 3.78. The molecule has 0 unspecified atom stereocenters. The Balaban J connectivity index is 1.12. The van der Waals surface area contributed by atoms with Crippen LogP contribution in [0.5, 0.6) is 0 Å². The normalized spacial score (nSPS) is 11.6. The number of rotatable bonds is 5. The maximum atomic E-state index is 5.16. The van der Waals surface area contributed by atoms with Gasteiger partial charge < -0.3 is 9.13 Å². The maximum absolute atomic E-state index is 5.16. The van der Waals surface area contributed by atoms with Crippen LogP contribution in [0.3, 0.4) is 0 Å². The van der Waals surface area contributed by atoms with E-state index in [0.29, 0.717) is 11.6 Å². The number of hydrogen-bond donors (Lipinski definition) is 0. The first-order valence-electron chi connectivity index (χ1n) is 16.6. The van der Waals surface area contributed by atoms with Crippen LogP contribution in [-0.4, -0.2) is 29.1 Å². The summed E-state index contributed by atoms with van der Waals surface area (Å²) in [5.74, 6) is 1.38. The number of nitrogens with zero attached hydrogens (tertiary/aromatic N) is 6. The fraction of sp³-hybridized carbons (Fsp3) is 0. The number of aromatic nitrogens is 6. The molecule has 0 saturated carbocycles. The average molecular weight is 641 g/mol. The summed E-state index contributed by atoms with van der Waals surface area (Å²) in [5.41, 5.74) is 10.5. The molecule has 0 spiro atoms. The third kappa shape index (κ3) is 4.50. The zero-order valence-electron chi connectivity index (χ0n) is 26.8. The molecule has 0 fully saturated rings. The monoisotopic (exact) mass is 640 g/mol. The Morgan fingerprint density at radius 1 is 0.420 bits per heavy atom. The number of fused-ring (bicyclic) bond motifs is 6.